The summed E-state index contributed by atoms with van der Waals surface area (Å²) in [6.45, 7) is 1.67. The Kier molecular flexibility index (Phi) is 4.61. The molecular formula is C17H21N3O2S. The summed E-state index contributed by atoms with van der Waals surface area (Å²) < 4.78 is 23.3. The van der Waals surface area contributed by atoms with Gasteiger partial charge in [-0.15, -0.1) is 0 Å². The van der Waals surface area contributed by atoms with Crippen molar-refractivity contribution in [1.29, 1.82) is 0 Å². The highest BCUT2D eigenvalue weighted by Crippen LogP contribution is 2.34. The van der Waals surface area contributed by atoms with E-state index in [9.17, 15) is 8.42 Å². The lowest BCUT2D eigenvalue weighted by atomic mass is 9.85. The number of anilines is 2. The van der Waals surface area contributed by atoms with Crippen molar-refractivity contribution >= 4 is 21.3 Å². The van der Waals surface area contributed by atoms with E-state index in [2.05, 4.69) is 15.3 Å². The van der Waals surface area contributed by atoms with Gasteiger partial charge in [-0.05, 0) is 36.6 Å². The predicted molar refractivity (Wildman–Crippen MR) is 91.5 cm³/mol. The molecule has 1 N–H and O–H groups in total. The zero-order valence-electron chi connectivity index (χ0n) is 13.2. The second-order valence-electron chi connectivity index (χ2n) is 5.93. The third kappa shape index (κ3) is 4.07. The summed E-state index contributed by atoms with van der Waals surface area (Å²) >= 11 is 0. The molecule has 0 saturated heterocycles. The third-order valence-corrected chi connectivity index (χ3v) is 5.85. The molecule has 0 amide bonds. The Labute approximate surface area is 137 Å². The Bertz CT molecular complexity index is 769. The average Bonchev–Trinajstić information content (AvgIpc) is 2.48. The van der Waals surface area contributed by atoms with Crippen molar-refractivity contribution < 1.29 is 8.42 Å². The highest BCUT2D eigenvalue weighted by atomic mass is 32.2. The summed E-state index contributed by atoms with van der Waals surface area (Å²) in [6, 6.07) is 9.28. The number of hydrogen-bond donors (Lipinski definition) is 1. The van der Waals surface area contributed by atoms with Crippen LogP contribution >= 0.6 is 0 Å². The molecule has 0 unspecified atom stereocenters. The van der Waals surface area contributed by atoms with Crippen LogP contribution in [0.3, 0.4) is 0 Å². The molecule has 1 aromatic carbocycles. The van der Waals surface area contributed by atoms with Gasteiger partial charge in [-0.25, -0.2) is 18.4 Å². The lowest BCUT2D eigenvalue weighted by Crippen LogP contribution is -2.13. The van der Waals surface area contributed by atoms with Gasteiger partial charge in [-0.1, -0.05) is 25.5 Å². The van der Waals surface area contributed by atoms with Gasteiger partial charge in [0.05, 0.1) is 5.75 Å². The standard InChI is InChI=1S/C17H21N3O2S/c1-2-23(21,22)12-13-6-8-15(9-7-13)19-16-10-11-18-17(20-16)14-4-3-5-14/h6-11,14H,2-5,12H2,1H3,(H,18,19,20). The molecular weight excluding hydrogens is 310 g/mol. The normalized spacial score (nSPS) is 15.2. The van der Waals surface area contributed by atoms with Gasteiger partial charge >= 0.3 is 0 Å². The van der Waals surface area contributed by atoms with Crippen molar-refractivity contribution in [3.05, 3.63) is 47.9 Å². The monoisotopic (exact) mass is 331 g/mol. The van der Waals surface area contributed by atoms with Crippen LogP contribution in [0, 0.1) is 0 Å². The molecule has 1 fully saturated rings. The van der Waals surface area contributed by atoms with E-state index in [1.807, 2.05) is 30.3 Å². The maximum absolute atomic E-state index is 11.6. The maximum Gasteiger partial charge on any atom is 0.154 e. The third-order valence-electron chi connectivity index (χ3n) is 4.20. The molecule has 0 atom stereocenters. The van der Waals surface area contributed by atoms with E-state index in [0.29, 0.717) is 5.92 Å². The first-order valence-electron chi connectivity index (χ1n) is 7.95. The van der Waals surface area contributed by atoms with Gasteiger partial charge in [-0.2, -0.15) is 0 Å². The Morgan fingerprint density at radius 1 is 1.17 bits per heavy atom. The molecule has 3 rings (SSSR count). The minimum absolute atomic E-state index is 0.0864. The fraction of sp³-hybridized carbons (Fsp3) is 0.412. The molecule has 2 aromatic rings. The number of benzene rings is 1. The van der Waals surface area contributed by atoms with E-state index in [-0.39, 0.29) is 11.5 Å². The van der Waals surface area contributed by atoms with Crippen LogP contribution in [-0.2, 0) is 15.6 Å². The van der Waals surface area contributed by atoms with Crippen LogP contribution in [0.4, 0.5) is 11.5 Å². The minimum atomic E-state index is -3.00. The Hall–Kier alpha value is -1.95. The molecule has 1 saturated carbocycles. The van der Waals surface area contributed by atoms with Crippen LogP contribution in [0.1, 0.15) is 43.5 Å². The molecule has 0 spiro atoms. The topological polar surface area (TPSA) is 72.0 Å². The van der Waals surface area contributed by atoms with Gasteiger partial charge in [0.2, 0.25) is 0 Å². The summed E-state index contributed by atoms with van der Waals surface area (Å²) in [6.07, 6.45) is 5.38. The fourth-order valence-electron chi connectivity index (χ4n) is 2.49. The molecule has 1 heterocycles. The van der Waals surface area contributed by atoms with Gasteiger partial charge in [0.25, 0.3) is 0 Å². The van der Waals surface area contributed by atoms with Crippen LogP contribution in [0.25, 0.3) is 0 Å². The zero-order valence-corrected chi connectivity index (χ0v) is 14.0. The van der Waals surface area contributed by atoms with Gasteiger partial charge < -0.3 is 5.32 Å². The number of nitrogens with one attached hydrogen (secondary N) is 1. The lowest BCUT2D eigenvalue weighted by molar-refractivity contribution is 0.401. The predicted octanol–water partition coefficient (Wildman–Crippen LogP) is 3.42. The summed E-state index contributed by atoms with van der Waals surface area (Å²) in [7, 11) is -3.00. The van der Waals surface area contributed by atoms with E-state index in [1.54, 1.807) is 13.1 Å². The van der Waals surface area contributed by atoms with Gasteiger partial charge in [0, 0.05) is 23.6 Å². The second kappa shape index (κ2) is 6.66. The smallest absolute Gasteiger partial charge is 0.154 e. The molecule has 6 heteroatoms. The molecule has 122 valence electrons. The summed E-state index contributed by atoms with van der Waals surface area (Å²) in [4.78, 5) is 8.92. The van der Waals surface area contributed by atoms with Crippen molar-refractivity contribution in [2.45, 2.75) is 37.9 Å². The van der Waals surface area contributed by atoms with Crippen LogP contribution in [0.2, 0.25) is 0 Å². The van der Waals surface area contributed by atoms with Gasteiger partial charge in [0.15, 0.2) is 9.84 Å². The van der Waals surface area contributed by atoms with Crippen molar-refractivity contribution in [1.82, 2.24) is 9.97 Å². The zero-order chi connectivity index (χ0) is 16.3. The van der Waals surface area contributed by atoms with E-state index in [4.69, 9.17) is 0 Å². The molecule has 5 nitrogen and oxygen atoms in total. The molecule has 0 aliphatic heterocycles. The highest BCUT2D eigenvalue weighted by Gasteiger charge is 2.22. The maximum atomic E-state index is 11.6. The number of aromatic nitrogens is 2. The van der Waals surface area contributed by atoms with Crippen LogP contribution in [-0.4, -0.2) is 24.1 Å². The first-order valence-corrected chi connectivity index (χ1v) is 9.77. The SMILES string of the molecule is CCS(=O)(=O)Cc1ccc(Nc2ccnc(C3CCC3)n2)cc1. The Balaban J connectivity index is 1.68. The van der Waals surface area contributed by atoms with E-state index >= 15 is 0 Å². The van der Waals surface area contributed by atoms with Crippen LogP contribution in [0.5, 0.6) is 0 Å². The first kappa shape index (κ1) is 15.9. The number of rotatable bonds is 6. The lowest BCUT2D eigenvalue weighted by Gasteiger charge is -2.23. The quantitative estimate of drug-likeness (QED) is 0.878. The molecule has 1 aliphatic rings. The molecule has 23 heavy (non-hydrogen) atoms. The molecule has 1 aliphatic carbocycles. The van der Waals surface area contributed by atoms with Crippen LogP contribution < -0.4 is 5.32 Å². The van der Waals surface area contributed by atoms with Crippen molar-refractivity contribution in [3.63, 3.8) is 0 Å². The molecule has 0 bridgehead atoms. The highest BCUT2D eigenvalue weighted by molar-refractivity contribution is 7.90. The summed E-state index contributed by atoms with van der Waals surface area (Å²) in [5, 5.41) is 3.25. The van der Waals surface area contributed by atoms with Crippen molar-refractivity contribution in [3.8, 4) is 0 Å². The largest absolute Gasteiger partial charge is 0.340 e. The Morgan fingerprint density at radius 3 is 2.52 bits per heavy atom. The summed E-state index contributed by atoms with van der Waals surface area (Å²) in [5.74, 6) is 2.43. The minimum Gasteiger partial charge on any atom is -0.340 e. The Morgan fingerprint density at radius 2 is 1.91 bits per heavy atom. The number of sulfone groups is 1. The number of nitrogens with zero attached hydrogens (tertiary/aromatic N) is 2. The van der Waals surface area contributed by atoms with E-state index < -0.39 is 9.84 Å². The molecule has 0 radical (unpaired) electrons. The number of hydrogen-bond acceptors (Lipinski definition) is 5. The fourth-order valence-corrected chi connectivity index (χ4v) is 3.40. The van der Waals surface area contributed by atoms with Crippen molar-refractivity contribution in [2.24, 2.45) is 0 Å². The average molecular weight is 331 g/mol. The van der Waals surface area contributed by atoms with E-state index in [1.165, 1.54) is 19.3 Å². The van der Waals surface area contributed by atoms with Crippen molar-refractivity contribution in [2.75, 3.05) is 11.1 Å². The summed E-state index contributed by atoms with van der Waals surface area (Å²) in [5.41, 5.74) is 1.69. The van der Waals surface area contributed by atoms with E-state index in [0.717, 1.165) is 22.9 Å². The van der Waals surface area contributed by atoms with Crippen LogP contribution in [0.15, 0.2) is 36.5 Å². The second-order valence-corrected chi connectivity index (χ2v) is 8.28. The first-order chi connectivity index (χ1) is 11.1. The van der Waals surface area contributed by atoms with Gasteiger partial charge in [0.1, 0.15) is 11.6 Å². The van der Waals surface area contributed by atoms with Gasteiger partial charge in [-0.3, -0.25) is 0 Å². The molecule has 1 aromatic heterocycles.